The van der Waals surface area contributed by atoms with E-state index in [1.165, 1.54) is 10.5 Å². The van der Waals surface area contributed by atoms with Crippen LogP contribution < -0.4 is 0 Å². The molecule has 0 N–H and O–H groups in total. The molecule has 81 valence electrons. The monoisotopic (exact) mass is 279 g/mol. The van der Waals surface area contributed by atoms with Gasteiger partial charge < -0.3 is 0 Å². The first-order chi connectivity index (χ1) is 7.58. The summed E-state index contributed by atoms with van der Waals surface area (Å²) in [6.45, 7) is 2.03. The number of carbonyl (C=O) groups excluding carboxylic acids is 1. The van der Waals surface area contributed by atoms with Crippen molar-refractivity contribution < 1.29 is 4.79 Å². The van der Waals surface area contributed by atoms with Crippen molar-refractivity contribution in [1.82, 2.24) is 4.90 Å². The summed E-state index contributed by atoms with van der Waals surface area (Å²) in [5, 5.41) is 0. The number of hydrogen-bond donors (Lipinski definition) is 0. The molecule has 4 heteroatoms. The van der Waals surface area contributed by atoms with E-state index in [9.17, 15) is 4.79 Å². The van der Waals surface area contributed by atoms with Gasteiger partial charge in [0.05, 0.1) is 0 Å². The second-order valence-corrected chi connectivity index (χ2v) is 4.46. The third-order valence-electron chi connectivity index (χ3n) is 2.41. The maximum atomic E-state index is 11.7. The molecule has 0 unspecified atom stereocenters. The van der Waals surface area contributed by atoms with Crippen LogP contribution in [0.2, 0.25) is 0 Å². The van der Waals surface area contributed by atoms with Gasteiger partial charge in [0.25, 0.3) is 0 Å². The average Bonchev–Trinajstić information content (AvgIpc) is 2.50. The molecule has 0 fully saturated rings. The Morgan fingerprint density at radius 2 is 1.94 bits per heavy atom. The fraction of sp³-hybridized carbons (Fsp3) is 0.167. The van der Waals surface area contributed by atoms with E-state index in [4.69, 9.17) is 0 Å². The van der Waals surface area contributed by atoms with Gasteiger partial charge in [-0.1, -0.05) is 0 Å². The molecule has 2 rings (SSSR count). The molecule has 16 heavy (non-hydrogen) atoms. The van der Waals surface area contributed by atoms with E-state index in [1.807, 2.05) is 31.2 Å². The second kappa shape index (κ2) is 4.24. The number of hydrogen-bond acceptors (Lipinski definition) is 2. The Kier molecular flexibility index (Phi) is 2.94. The standard InChI is InChI=1S/C12H11N2OSe/c1-8-3-5-9(6-4-8)7-10-11(15)14(2)12(16)13-10/h3-7H,1-2H3/b10-7-. The van der Waals surface area contributed by atoms with Gasteiger partial charge in [-0.05, 0) is 0 Å². The van der Waals surface area contributed by atoms with E-state index in [0.29, 0.717) is 10.4 Å². The number of amidine groups is 1. The molecular weight excluding hydrogens is 267 g/mol. The molecule has 1 aliphatic rings. The van der Waals surface area contributed by atoms with Gasteiger partial charge in [-0.25, -0.2) is 0 Å². The van der Waals surface area contributed by atoms with Crippen LogP contribution in [0.5, 0.6) is 0 Å². The van der Waals surface area contributed by atoms with Gasteiger partial charge in [-0.3, -0.25) is 0 Å². The molecule has 0 bridgehead atoms. The summed E-state index contributed by atoms with van der Waals surface area (Å²) >= 11 is 2.76. The van der Waals surface area contributed by atoms with E-state index in [2.05, 4.69) is 21.0 Å². The third kappa shape index (κ3) is 2.08. The van der Waals surface area contributed by atoms with Crippen LogP contribution in [-0.2, 0) is 4.79 Å². The molecule has 1 heterocycles. The number of aryl methyl sites for hydroxylation is 1. The number of rotatable bonds is 1. The number of amides is 1. The summed E-state index contributed by atoms with van der Waals surface area (Å²) in [6.07, 6.45) is 1.79. The summed E-state index contributed by atoms with van der Waals surface area (Å²) < 4.78 is 0.614. The summed E-state index contributed by atoms with van der Waals surface area (Å²) in [4.78, 5) is 17.4. The van der Waals surface area contributed by atoms with E-state index in [1.54, 1.807) is 13.1 Å². The van der Waals surface area contributed by atoms with Gasteiger partial charge in [-0.2, -0.15) is 0 Å². The molecule has 1 aromatic rings. The molecule has 0 spiro atoms. The first-order valence-electron chi connectivity index (χ1n) is 4.90. The molecule has 3 nitrogen and oxygen atoms in total. The summed E-state index contributed by atoms with van der Waals surface area (Å²) in [7, 11) is 1.70. The number of benzene rings is 1. The van der Waals surface area contributed by atoms with Crippen molar-refractivity contribution in [1.29, 1.82) is 0 Å². The molecule has 0 aliphatic carbocycles. The van der Waals surface area contributed by atoms with Crippen molar-refractivity contribution in [3.8, 4) is 0 Å². The minimum atomic E-state index is -0.0747. The van der Waals surface area contributed by atoms with Crippen LogP contribution >= 0.6 is 0 Å². The number of carbonyl (C=O) groups is 1. The Balaban J connectivity index is 2.32. The van der Waals surface area contributed by atoms with Crippen molar-refractivity contribution in [2.24, 2.45) is 4.99 Å². The zero-order chi connectivity index (χ0) is 11.7. The number of likely N-dealkylation sites (N-methyl/N-ethyl adjacent to an activating group) is 1. The SMILES string of the molecule is Cc1ccc(/C=C2\N=C([Se])N(C)C2=O)cc1. The van der Waals surface area contributed by atoms with Gasteiger partial charge in [0.2, 0.25) is 0 Å². The first kappa shape index (κ1) is 11.1. The van der Waals surface area contributed by atoms with Crippen LogP contribution in [-0.4, -0.2) is 38.6 Å². The summed E-state index contributed by atoms with van der Waals surface area (Å²) in [5.41, 5.74) is 2.66. The van der Waals surface area contributed by atoms with Crippen LogP contribution in [0.15, 0.2) is 35.0 Å². The molecule has 1 aliphatic heterocycles. The molecule has 0 saturated carbocycles. The maximum absolute atomic E-state index is 11.7. The topological polar surface area (TPSA) is 32.7 Å². The van der Waals surface area contributed by atoms with E-state index in [-0.39, 0.29) is 5.91 Å². The summed E-state index contributed by atoms with van der Waals surface area (Å²) in [5.74, 6) is -0.0747. The molecule has 0 atom stereocenters. The van der Waals surface area contributed by atoms with Crippen LogP contribution in [0, 0.1) is 6.92 Å². The Hall–Kier alpha value is -1.38. The Labute approximate surface area is 103 Å². The van der Waals surface area contributed by atoms with Gasteiger partial charge >= 0.3 is 102 Å². The average molecular weight is 278 g/mol. The fourth-order valence-corrected chi connectivity index (χ4v) is 1.78. The van der Waals surface area contributed by atoms with Crippen LogP contribution in [0.1, 0.15) is 11.1 Å². The molecule has 1 aromatic carbocycles. The molecule has 1 amide bonds. The van der Waals surface area contributed by atoms with Crippen LogP contribution in [0.4, 0.5) is 0 Å². The van der Waals surface area contributed by atoms with E-state index >= 15 is 0 Å². The van der Waals surface area contributed by atoms with Gasteiger partial charge in [-0.15, -0.1) is 0 Å². The number of aliphatic imine (C=N–C) groups is 1. The molecule has 0 aromatic heterocycles. The Morgan fingerprint density at radius 3 is 2.44 bits per heavy atom. The first-order valence-corrected chi connectivity index (χ1v) is 5.76. The van der Waals surface area contributed by atoms with Crippen molar-refractivity contribution in [3.05, 3.63) is 41.1 Å². The number of nitrogens with zero attached hydrogens (tertiary/aromatic N) is 2. The van der Waals surface area contributed by atoms with Crippen LogP contribution in [0.25, 0.3) is 6.08 Å². The van der Waals surface area contributed by atoms with Gasteiger partial charge in [0.15, 0.2) is 0 Å². The van der Waals surface area contributed by atoms with Gasteiger partial charge in [0.1, 0.15) is 0 Å². The Morgan fingerprint density at radius 1 is 1.31 bits per heavy atom. The van der Waals surface area contributed by atoms with Crippen LogP contribution in [0.3, 0.4) is 0 Å². The predicted octanol–water partition coefficient (Wildman–Crippen LogP) is 1.33. The second-order valence-electron chi connectivity index (χ2n) is 3.70. The molecule has 0 saturated heterocycles. The van der Waals surface area contributed by atoms with Crippen molar-refractivity contribution >= 4 is 32.7 Å². The van der Waals surface area contributed by atoms with Gasteiger partial charge in [0, 0.05) is 0 Å². The van der Waals surface area contributed by atoms with E-state index < -0.39 is 0 Å². The zero-order valence-corrected chi connectivity index (χ0v) is 10.8. The minimum absolute atomic E-state index is 0.0747. The molecule has 1 radical (unpaired) electrons. The normalized spacial score (nSPS) is 18.1. The van der Waals surface area contributed by atoms with Crippen molar-refractivity contribution in [2.75, 3.05) is 7.05 Å². The van der Waals surface area contributed by atoms with Crippen molar-refractivity contribution in [3.63, 3.8) is 0 Å². The Bertz CT molecular complexity index is 488. The third-order valence-corrected chi connectivity index (χ3v) is 3.17. The van der Waals surface area contributed by atoms with E-state index in [0.717, 1.165) is 5.56 Å². The zero-order valence-electron chi connectivity index (χ0n) is 9.10. The fourth-order valence-electron chi connectivity index (χ4n) is 1.40. The quantitative estimate of drug-likeness (QED) is 0.563. The molecular formula is C12H11N2OSe. The van der Waals surface area contributed by atoms with Crippen molar-refractivity contribution in [2.45, 2.75) is 6.92 Å². The summed E-state index contributed by atoms with van der Waals surface area (Å²) in [6, 6.07) is 7.97. The predicted molar refractivity (Wildman–Crippen MR) is 65.1 cm³/mol.